The monoisotopic (exact) mass is 376 g/mol. The van der Waals surface area contributed by atoms with Crippen LogP contribution < -0.4 is 0 Å². The fourth-order valence-corrected chi connectivity index (χ4v) is 4.28. The SMILES string of the molecule is CC(=O)c1ccc(S(=O)(=O)N2CCN(C(=O)c3cnn(C)c3)CC2)cc1. The summed E-state index contributed by atoms with van der Waals surface area (Å²) in [6.45, 7) is 2.52. The number of hydrogen-bond donors (Lipinski definition) is 0. The molecule has 1 aromatic heterocycles. The number of sulfonamides is 1. The second kappa shape index (κ2) is 7.00. The van der Waals surface area contributed by atoms with Crippen LogP contribution in [0.2, 0.25) is 0 Å². The van der Waals surface area contributed by atoms with Crippen molar-refractivity contribution in [3.05, 3.63) is 47.8 Å². The third-order valence-corrected chi connectivity index (χ3v) is 6.29. The zero-order chi connectivity index (χ0) is 18.9. The van der Waals surface area contributed by atoms with Crippen LogP contribution in [-0.4, -0.2) is 65.3 Å². The molecule has 0 aliphatic carbocycles. The van der Waals surface area contributed by atoms with Crippen molar-refractivity contribution < 1.29 is 18.0 Å². The predicted molar refractivity (Wildman–Crippen MR) is 94.3 cm³/mol. The number of hydrogen-bond acceptors (Lipinski definition) is 5. The van der Waals surface area contributed by atoms with E-state index in [1.54, 1.807) is 22.8 Å². The number of carbonyl (C=O) groups is 2. The number of amides is 1. The van der Waals surface area contributed by atoms with Crippen molar-refractivity contribution in [3.8, 4) is 0 Å². The van der Waals surface area contributed by atoms with Crippen molar-refractivity contribution in [2.45, 2.75) is 11.8 Å². The molecule has 138 valence electrons. The molecular formula is C17H20N4O4S. The van der Waals surface area contributed by atoms with Crippen molar-refractivity contribution in [2.24, 2.45) is 7.05 Å². The second-order valence-electron chi connectivity index (χ2n) is 6.18. The van der Waals surface area contributed by atoms with Crippen LogP contribution in [0, 0.1) is 0 Å². The Morgan fingerprint density at radius 1 is 1.00 bits per heavy atom. The molecule has 9 heteroatoms. The smallest absolute Gasteiger partial charge is 0.257 e. The molecule has 1 aliphatic heterocycles. The maximum atomic E-state index is 12.7. The first-order chi connectivity index (χ1) is 12.3. The molecule has 1 aromatic carbocycles. The quantitative estimate of drug-likeness (QED) is 0.735. The highest BCUT2D eigenvalue weighted by atomic mass is 32.2. The van der Waals surface area contributed by atoms with Gasteiger partial charge in [0.05, 0.1) is 16.7 Å². The molecule has 1 fully saturated rings. The number of piperazine rings is 1. The number of Topliss-reactive ketones (excluding diaryl/α,β-unsaturated/α-hetero) is 1. The molecule has 0 bridgehead atoms. The normalized spacial score (nSPS) is 15.8. The van der Waals surface area contributed by atoms with Crippen molar-refractivity contribution >= 4 is 21.7 Å². The number of nitrogens with zero attached hydrogens (tertiary/aromatic N) is 4. The van der Waals surface area contributed by atoms with Gasteiger partial charge < -0.3 is 4.90 Å². The highest BCUT2D eigenvalue weighted by molar-refractivity contribution is 7.89. The minimum Gasteiger partial charge on any atom is -0.336 e. The van der Waals surface area contributed by atoms with Crippen LogP contribution in [-0.2, 0) is 17.1 Å². The Morgan fingerprint density at radius 2 is 1.62 bits per heavy atom. The lowest BCUT2D eigenvalue weighted by molar-refractivity contribution is 0.0697. The molecule has 3 rings (SSSR count). The van der Waals surface area contributed by atoms with Gasteiger partial charge >= 0.3 is 0 Å². The number of ketones is 1. The van der Waals surface area contributed by atoms with Crippen LogP contribution in [0.5, 0.6) is 0 Å². The fourth-order valence-electron chi connectivity index (χ4n) is 2.86. The molecule has 0 unspecified atom stereocenters. The summed E-state index contributed by atoms with van der Waals surface area (Å²) in [4.78, 5) is 25.5. The van der Waals surface area contributed by atoms with Crippen molar-refractivity contribution in [1.82, 2.24) is 19.0 Å². The molecule has 0 spiro atoms. The highest BCUT2D eigenvalue weighted by Crippen LogP contribution is 2.19. The van der Waals surface area contributed by atoms with Gasteiger partial charge in [0.2, 0.25) is 10.0 Å². The van der Waals surface area contributed by atoms with Crippen LogP contribution in [0.4, 0.5) is 0 Å². The largest absolute Gasteiger partial charge is 0.336 e. The zero-order valence-electron chi connectivity index (χ0n) is 14.6. The Hall–Kier alpha value is -2.52. The van der Waals surface area contributed by atoms with Crippen LogP contribution in [0.25, 0.3) is 0 Å². The lowest BCUT2D eigenvalue weighted by Crippen LogP contribution is -2.50. The molecule has 0 saturated carbocycles. The third kappa shape index (κ3) is 3.54. The summed E-state index contributed by atoms with van der Waals surface area (Å²) in [6.07, 6.45) is 3.14. The van der Waals surface area contributed by atoms with Crippen LogP contribution in [0.15, 0.2) is 41.6 Å². The molecule has 8 nitrogen and oxygen atoms in total. The first kappa shape index (κ1) is 18.3. The van der Waals surface area contributed by atoms with Gasteiger partial charge in [-0.2, -0.15) is 9.40 Å². The van der Waals surface area contributed by atoms with E-state index in [1.807, 2.05) is 0 Å². The van der Waals surface area contributed by atoms with E-state index in [9.17, 15) is 18.0 Å². The van der Waals surface area contributed by atoms with Gasteiger partial charge in [0.15, 0.2) is 5.78 Å². The number of aromatic nitrogens is 2. The Balaban J connectivity index is 1.68. The summed E-state index contributed by atoms with van der Waals surface area (Å²) >= 11 is 0. The maximum absolute atomic E-state index is 12.7. The van der Waals surface area contributed by atoms with Gasteiger partial charge in [0.1, 0.15) is 0 Å². The lowest BCUT2D eigenvalue weighted by Gasteiger charge is -2.33. The molecule has 26 heavy (non-hydrogen) atoms. The average Bonchev–Trinajstić information content (AvgIpc) is 3.07. The van der Waals surface area contributed by atoms with Crippen LogP contribution >= 0.6 is 0 Å². The Morgan fingerprint density at radius 3 is 2.12 bits per heavy atom. The number of aryl methyl sites for hydroxylation is 1. The maximum Gasteiger partial charge on any atom is 0.257 e. The lowest BCUT2D eigenvalue weighted by atomic mass is 10.2. The Kier molecular flexibility index (Phi) is 4.92. The Labute approximate surface area is 152 Å². The minimum atomic E-state index is -3.65. The van der Waals surface area contributed by atoms with E-state index in [4.69, 9.17) is 0 Å². The zero-order valence-corrected chi connectivity index (χ0v) is 15.4. The Bertz CT molecular complexity index is 926. The molecule has 1 amide bonds. The van der Waals surface area contributed by atoms with Gasteiger partial charge in [-0.15, -0.1) is 0 Å². The minimum absolute atomic E-state index is 0.114. The number of benzene rings is 1. The number of carbonyl (C=O) groups excluding carboxylic acids is 2. The molecule has 0 radical (unpaired) electrons. The van der Waals surface area contributed by atoms with Gasteiger partial charge in [-0.05, 0) is 19.1 Å². The van der Waals surface area contributed by atoms with E-state index < -0.39 is 10.0 Å². The summed E-state index contributed by atoms with van der Waals surface area (Å²) in [6, 6.07) is 5.91. The molecule has 1 aliphatic rings. The summed E-state index contributed by atoms with van der Waals surface area (Å²) in [5.74, 6) is -0.266. The van der Waals surface area contributed by atoms with Gasteiger partial charge in [0, 0.05) is 45.0 Å². The fraction of sp³-hybridized carbons (Fsp3) is 0.353. The molecule has 0 atom stereocenters. The van der Waals surface area contributed by atoms with Gasteiger partial charge in [-0.25, -0.2) is 8.42 Å². The standard InChI is InChI=1S/C17H20N4O4S/c1-13(22)14-3-5-16(6-4-14)26(24,25)21-9-7-20(8-10-21)17(23)15-11-18-19(2)12-15/h3-6,11-12H,7-10H2,1-2H3. The van der Waals surface area contributed by atoms with Crippen molar-refractivity contribution in [1.29, 1.82) is 0 Å². The third-order valence-electron chi connectivity index (χ3n) is 4.38. The molecule has 0 N–H and O–H groups in total. The summed E-state index contributed by atoms with van der Waals surface area (Å²) in [5, 5.41) is 3.98. The van der Waals surface area contributed by atoms with Crippen molar-refractivity contribution in [2.75, 3.05) is 26.2 Å². The average molecular weight is 376 g/mol. The van der Waals surface area contributed by atoms with Gasteiger partial charge in [-0.1, -0.05) is 12.1 Å². The van der Waals surface area contributed by atoms with Crippen LogP contribution in [0.3, 0.4) is 0 Å². The van der Waals surface area contributed by atoms with Crippen molar-refractivity contribution in [3.63, 3.8) is 0 Å². The first-order valence-corrected chi connectivity index (χ1v) is 9.62. The summed E-state index contributed by atoms with van der Waals surface area (Å²) < 4.78 is 28.4. The second-order valence-corrected chi connectivity index (χ2v) is 8.12. The van der Waals surface area contributed by atoms with E-state index in [0.717, 1.165) is 0 Å². The van der Waals surface area contributed by atoms with Gasteiger partial charge in [0.25, 0.3) is 5.91 Å². The molecule has 2 heterocycles. The summed E-state index contributed by atoms with van der Waals surface area (Å²) in [5.41, 5.74) is 0.958. The summed E-state index contributed by atoms with van der Waals surface area (Å²) in [7, 11) is -1.91. The van der Waals surface area contributed by atoms with E-state index in [1.165, 1.54) is 41.7 Å². The van der Waals surface area contributed by atoms with Gasteiger partial charge in [-0.3, -0.25) is 14.3 Å². The first-order valence-electron chi connectivity index (χ1n) is 8.18. The predicted octanol–water partition coefficient (Wildman–Crippen LogP) is 0.769. The number of rotatable bonds is 4. The van der Waals surface area contributed by atoms with E-state index in [-0.39, 0.29) is 29.7 Å². The van der Waals surface area contributed by atoms with E-state index in [2.05, 4.69) is 5.10 Å². The molecule has 2 aromatic rings. The van der Waals surface area contributed by atoms with Crippen LogP contribution in [0.1, 0.15) is 27.6 Å². The van der Waals surface area contributed by atoms with E-state index in [0.29, 0.717) is 24.2 Å². The highest BCUT2D eigenvalue weighted by Gasteiger charge is 2.30. The van der Waals surface area contributed by atoms with E-state index >= 15 is 0 Å². The molecular weight excluding hydrogens is 356 g/mol. The molecule has 1 saturated heterocycles. The topological polar surface area (TPSA) is 92.6 Å².